The zero-order valence-electron chi connectivity index (χ0n) is 14.3. The molecule has 0 unspecified atom stereocenters. The number of hydrogen-bond donors (Lipinski definition) is 1. The predicted octanol–water partition coefficient (Wildman–Crippen LogP) is 1.98. The van der Waals surface area contributed by atoms with Crippen LogP contribution in [0.4, 0.5) is 11.5 Å². The van der Waals surface area contributed by atoms with Crippen LogP contribution in [0.25, 0.3) is 0 Å². The predicted molar refractivity (Wildman–Crippen MR) is 92.9 cm³/mol. The summed E-state index contributed by atoms with van der Waals surface area (Å²) in [5.41, 5.74) is 0.751. The van der Waals surface area contributed by atoms with Crippen molar-refractivity contribution in [2.45, 2.75) is 25.7 Å². The molecule has 0 radical (unpaired) electrons. The van der Waals surface area contributed by atoms with Crippen molar-refractivity contribution in [3.8, 4) is 0 Å². The Kier molecular flexibility index (Phi) is 7.29. The second-order valence-electron chi connectivity index (χ2n) is 6.09. The van der Waals surface area contributed by atoms with Crippen molar-refractivity contribution < 1.29 is 9.53 Å². The maximum absolute atomic E-state index is 12.0. The molecule has 0 atom stereocenters. The lowest BCUT2D eigenvalue weighted by atomic mass is 10.1. The lowest BCUT2D eigenvalue weighted by Gasteiger charge is -2.27. The molecule has 0 saturated carbocycles. The highest BCUT2D eigenvalue weighted by atomic mass is 16.5. The van der Waals surface area contributed by atoms with Gasteiger partial charge in [-0.05, 0) is 44.9 Å². The molecule has 128 valence electrons. The number of nitrogens with zero attached hydrogens (tertiary/aromatic N) is 3. The highest BCUT2D eigenvalue weighted by Crippen LogP contribution is 2.18. The molecular weight excluding hydrogens is 292 g/mol. The fourth-order valence-corrected chi connectivity index (χ4v) is 2.77. The minimum absolute atomic E-state index is 0.0163. The Morgan fingerprint density at radius 2 is 2.13 bits per heavy atom. The van der Waals surface area contributed by atoms with E-state index in [-0.39, 0.29) is 5.91 Å². The van der Waals surface area contributed by atoms with E-state index >= 15 is 0 Å². The number of piperidine rings is 1. The van der Waals surface area contributed by atoms with E-state index in [0.717, 1.165) is 37.6 Å². The molecule has 1 fully saturated rings. The first-order valence-electron chi connectivity index (χ1n) is 8.37. The van der Waals surface area contributed by atoms with Crippen LogP contribution in [0.15, 0.2) is 18.3 Å². The molecule has 0 aromatic carbocycles. The molecule has 1 amide bonds. The molecule has 6 nitrogen and oxygen atoms in total. The molecule has 0 spiro atoms. The van der Waals surface area contributed by atoms with Crippen LogP contribution in [-0.2, 0) is 9.53 Å². The van der Waals surface area contributed by atoms with Gasteiger partial charge in [0, 0.05) is 33.4 Å². The first-order valence-corrected chi connectivity index (χ1v) is 8.37. The van der Waals surface area contributed by atoms with Crippen LogP contribution in [0.2, 0.25) is 0 Å². The van der Waals surface area contributed by atoms with Crippen molar-refractivity contribution in [3.05, 3.63) is 18.3 Å². The smallest absolute Gasteiger partial charge is 0.238 e. The Bertz CT molecular complexity index is 472. The maximum atomic E-state index is 12.0. The van der Waals surface area contributed by atoms with Gasteiger partial charge in [-0.15, -0.1) is 0 Å². The van der Waals surface area contributed by atoms with Gasteiger partial charge < -0.3 is 15.0 Å². The third-order valence-electron chi connectivity index (χ3n) is 4.01. The Morgan fingerprint density at radius 3 is 2.78 bits per heavy atom. The molecular formula is C17H28N4O2. The molecule has 23 heavy (non-hydrogen) atoms. The van der Waals surface area contributed by atoms with Gasteiger partial charge >= 0.3 is 0 Å². The topological polar surface area (TPSA) is 57.7 Å². The number of amides is 1. The van der Waals surface area contributed by atoms with E-state index in [1.165, 1.54) is 19.3 Å². The molecule has 2 rings (SSSR count). The summed E-state index contributed by atoms with van der Waals surface area (Å²) in [5.74, 6) is 0.983. The Labute approximate surface area is 138 Å². The van der Waals surface area contributed by atoms with E-state index in [0.29, 0.717) is 13.2 Å². The number of nitrogens with one attached hydrogen (secondary N) is 1. The van der Waals surface area contributed by atoms with Crippen molar-refractivity contribution in [3.63, 3.8) is 0 Å². The Morgan fingerprint density at radius 1 is 1.35 bits per heavy atom. The van der Waals surface area contributed by atoms with E-state index in [4.69, 9.17) is 4.74 Å². The van der Waals surface area contributed by atoms with Crippen molar-refractivity contribution in [2.75, 3.05) is 57.2 Å². The van der Waals surface area contributed by atoms with Gasteiger partial charge in [-0.25, -0.2) is 4.98 Å². The van der Waals surface area contributed by atoms with Crippen LogP contribution in [0, 0.1) is 0 Å². The van der Waals surface area contributed by atoms with E-state index in [1.54, 1.807) is 13.3 Å². The van der Waals surface area contributed by atoms with Gasteiger partial charge in [0.2, 0.25) is 5.91 Å². The van der Waals surface area contributed by atoms with E-state index < -0.39 is 0 Å². The molecule has 1 aromatic heterocycles. The molecule has 1 saturated heterocycles. The van der Waals surface area contributed by atoms with Crippen LogP contribution in [0.3, 0.4) is 0 Å². The number of ether oxygens (including phenoxy) is 1. The van der Waals surface area contributed by atoms with E-state index in [2.05, 4.69) is 15.2 Å². The third-order valence-corrected chi connectivity index (χ3v) is 4.01. The Balaban J connectivity index is 1.77. The molecule has 2 heterocycles. The molecule has 1 N–H and O–H groups in total. The van der Waals surface area contributed by atoms with Gasteiger partial charge in [0.15, 0.2) is 0 Å². The number of rotatable bonds is 8. The van der Waals surface area contributed by atoms with Gasteiger partial charge in [0.05, 0.1) is 18.4 Å². The zero-order chi connectivity index (χ0) is 16.5. The normalized spacial score (nSPS) is 15.0. The minimum atomic E-state index is -0.0163. The van der Waals surface area contributed by atoms with Crippen LogP contribution >= 0.6 is 0 Å². The molecule has 1 aliphatic heterocycles. The number of hydrogen-bond acceptors (Lipinski definition) is 5. The van der Waals surface area contributed by atoms with Crippen LogP contribution in [0.5, 0.6) is 0 Å². The fourth-order valence-electron chi connectivity index (χ4n) is 2.77. The summed E-state index contributed by atoms with van der Waals surface area (Å²) >= 11 is 0. The number of methoxy groups -OCH3 is 1. The number of aromatic nitrogens is 1. The molecule has 1 aliphatic rings. The summed E-state index contributed by atoms with van der Waals surface area (Å²) in [4.78, 5) is 20.8. The summed E-state index contributed by atoms with van der Waals surface area (Å²) in [5, 5.41) is 2.90. The summed E-state index contributed by atoms with van der Waals surface area (Å²) in [6.45, 7) is 4.08. The molecule has 1 aromatic rings. The van der Waals surface area contributed by atoms with Crippen LogP contribution in [-0.4, -0.2) is 62.7 Å². The molecule has 6 heteroatoms. The monoisotopic (exact) mass is 320 g/mol. The number of anilines is 2. The largest absolute Gasteiger partial charge is 0.385 e. The van der Waals surface area contributed by atoms with Crippen LogP contribution < -0.4 is 10.2 Å². The summed E-state index contributed by atoms with van der Waals surface area (Å²) in [7, 11) is 3.63. The van der Waals surface area contributed by atoms with Crippen molar-refractivity contribution in [1.29, 1.82) is 0 Å². The lowest BCUT2D eigenvalue weighted by Crippen LogP contribution is -2.31. The summed E-state index contributed by atoms with van der Waals surface area (Å²) in [6.07, 6.45) is 6.44. The van der Waals surface area contributed by atoms with Crippen molar-refractivity contribution in [1.82, 2.24) is 9.88 Å². The third kappa shape index (κ3) is 6.15. The van der Waals surface area contributed by atoms with Gasteiger partial charge in [-0.1, -0.05) is 0 Å². The van der Waals surface area contributed by atoms with E-state index in [1.807, 2.05) is 24.1 Å². The van der Waals surface area contributed by atoms with Gasteiger partial charge in [-0.3, -0.25) is 9.69 Å². The average molecular weight is 320 g/mol. The van der Waals surface area contributed by atoms with Gasteiger partial charge in [0.25, 0.3) is 0 Å². The van der Waals surface area contributed by atoms with Crippen molar-refractivity contribution in [2.24, 2.45) is 0 Å². The average Bonchev–Trinajstić information content (AvgIpc) is 2.56. The van der Waals surface area contributed by atoms with Crippen LogP contribution in [0.1, 0.15) is 25.7 Å². The lowest BCUT2D eigenvalue weighted by molar-refractivity contribution is -0.117. The Hall–Kier alpha value is -1.66. The van der Waals surface area contributed by atoms with Crippen molar-refractivity contribution >= 4 is 17.4 Å². The standard InChI is InChI=1S/C17H28N4O2/c1-20(9-6-12-23-2)14-17(22)19-15-7-8-16(18-13-15)21-10-4-3-5-11-21/h7-8,13H,3-6,9-12,14H2,1-2H3,(H,19,22). The highest BCUT2D eigenvalue weighted by molar-refractivity contribution is 5.92. The summed E-state index contributed by atoms with van der Waals surface area (Å²) in [6, 6.07) is 3.92. The second-order valence-corrected chi connectivity index (χ2v) is 6.09. The van der Waals surface area contributed by atoms with E-state index in [9.17, 15) is 4.79 Å². The SMILES string of the molecule is COCCCN(C)CC(=O)Nc1ccc(N2CCCCC2)nc1. The fraction of sp³-hybridized carbons (Fsp3) is 0.647. The second kappa shape index (κ2) is 9.47. The summed E-state index contributed by atoms with van der Waals surface area (Å²) < 4.78 is 5.01. The number of pyridine rings is 1. The van der Waals surface area contributed by atoms with Gasteiger partial charge in [0.1, 0.15) is 5.82 Å². The highest BCUT2D eigenvalue weighted by Gasteiger charge is 2.12. The maximum Gasteiger partial charge on any atom is 0.238 e. The number of likely N-dealkylation sites (N-methyl/N-ethyl adjacent to an activating group) is 1. The zero-order valence-corrected chi connectivity index (χ0v) is 14.3. The first-order chi connectivity index (χ1) is 11.2. The number of carbonyl (C=O) groups excluding carboxylic acids is 1. The minimum Gasteiger partial charge on any atom is -0.385 e. The molecule has 0 bridgehead atoms. The quantitative estimate of drug-likeness (QED) is 0.742. The molecule has 0 aliphatic carbocycles. The van der Waals surface area contributed by atoms with Gasteiger partial charge in [-0.2, -0.15) is 0 Å². The first kappa shape index (κ1) is 17.7. The number of carbonyl (C=O) groups is 1.